The van der Waals surface area contributed by atoms with Crippen LogP contribution in [0, 0.1) is 0 Å². The second-order valence-corrected chi connectivity index (χ2v) is 7.09. The number of alkyl halides is 16. The zero-order valence-corrected chi connectivity index (χ0v) is 17.9. The van der Waals surface area contributed by atoms with Gasteiger partial charge in [0.05, 0.1) is 17.9 Å². The first kappa shape index (κ1) is 33.1. The van der Waals surface area contributed by atoms with Gasteiger partial charge in [-0.05, 0) is 19.1 Å². The highest BCUT2D eigenvalue weighted by Crippen LogP contribution is 2.62. The molecule has 1 aromatic rings. The van der Waals surface area contributed by atoms with Crippen LogP contribution in [0.15, 0.2) is 24.3 Å². The van der Waals surface area contributed by atoms with Crippen molar-refractivity contribution in [1.82, 2.24) is 0 Å². The first-order chi connectivity index (χ1) is 16.8. The maximum atomic E-state index is 14.0. The molecule has 0 unspecified atom stereocenters. The highest BCUT2D eigenvalue weighted by molar-refractivity contribution is 6.03. The summed E-state index contributed by atoms with van der Waals surface area (Å²) in [6.45, 7) is 0.798. The van der Waals surface area contributed by atoms with Crippen molar-refractivity contribution in [3.05, 3.63) is 29.8 Å². The van der Waals surface area contributed by atoms with E-state index in [0.717, 1.165) is 17.4 Å². The smallest absolute Gasteiger partial charge is 0.393 e. The fraction of sp³-hybridized carbons (Fsp3) is 0.556. The van der Waals surface area contributed by atoms with Gasteiger partial charge in [-0.1, -0.05) is 12.1 Å². The predicted molar refractivity (Wildman–Crippen MR) is 91.7 cm³/mol. The lowest BCUT2D eigenvalue weighted by atomic mass is 9.89. The fourth-order valence-electron chi connectivity index (χ4n) is 2.46. The second-order valence-electron chi connectivity index (χ2n) is 7.09. The molecule has 1 rings (SSSR count). The Kier molecular flexibility index (Phi) is 8.68. The standard InChI is InChI=1S/C18H11F16NO3/c1-2-38-9(36)7-5-3-4-6-8(7)35-11(37)13(23,24)15(27,28)17(31,32)18(33,34)16(29,30)14(25,26)12(21,22)10(19)20/h3-6,10H,2H2,1H3,(H,35,37). The third-order valence-electron chi connectivity index (χ3n) is 4.62. The maximum absolute atomic E-state index is 14.0. The molecule has 0 saturated carbocycles. The van der Waals surface area contributed by atoms with Gasteiger partial charge in [-0.15, -0.1) is 0 Å². The van der Waals surface area contributed by atoms with Crippen LogP contribution in [0.4, 0.5) is 75.9 Å². The summed E-state index contributed by atoms with van der Waals surface area (Å²) in [5.74, 6) is -61.9. The van der Waals surface area contributed by atoms with E-state index in [1.54, 1.807) is 0 Å². The monoisotopic (exact) mass is 593 g/mol. The lowest BCUT2D eigenvalue weighted by molar-refractivity contribution is -0.443. The lowest BCUT2D eigenvalue weighted by Crippen LogP contribution is -2.74. The van der Waals surface area contributed by atoms with Crippen molar-refractivity contribution >= 4 is 17.6 Å². The van der Waals surface area contributed by atoms with Crippen molar-refractivity contribution in [2.75, 3.05) is 11.9 Å². The first-order valence-corrected chi connectivity index (χ1v) is 9.31. The maximum Gasteiger partial charge on any atom is 0.393 e. The second kappa shape index (κ2) is 9.97. The van der Waals surface area contributed by atoms with Crippen LogP contribution in [0.25, 0.3) is 0 Å². The van der Waals surface area contributed by atoms with Crippen LogP contribution < -0.4 is 5.32 Å². The number of carbonyl (C=O) groups excluding carboxylic acids is 2. The molecular weight excluding hydrogens is 582 g/mol. The molecular formula is C18H11F16NO3. The van der Waals surface area contributed by atoms with Gasteiger partial charge in [0.25, 0.3) is 0 Å². The van der Waals surface area contributed by atoms with Crippen molar-refractivity contribution in [2.24, 2.45) is 0 Å². The quantitative estimate of drug-likeness (QED) is 0.235. The van der Waals surface area contributed by atoms with Crippen molar-refractivity contribution in [2.45, 2.75) is 54.8 Å². The van der Waals surface area contributed by atoms with Gasteiger partial charge in [-0.3, -0.25) is 4.79 Å². The molecule has 218 valence electrons. The van der Waals surface area contributed by atoms with Gasteiger partial charge in [0.15, 0.2) is 0 Å². The molecule has 1 amide bonds. The molecule has 0 aliphatic rings. The van der Waals surface area contributed by atoms with E-state index >= 15 is 0 Å². The molecule has 1 aromatic carbocycles. The Morgan fingerprint density at radius 2 is 1.16 bits per heavy atom. The summed E-state index contributed by atoms with van der Waals surface area (Å²) in [5.41, 5.74) is -2.13. The van der Waals surface area contributed by atoms with E-state index in [9.17, 15) is 79.8 Å². The van der Waals surface area contributed by atoms with Gasteiger partial charge in [0, 0.05) is 0 Å². The summed E-state index contributed by atoms with van der Waals surface area (Å²) in [4.78, 5) is 23.4. The van der Waals surface area contributed by atoms with E-state index in [1.807, 2.05) is 0 Å². The number of hydrogen-bond donors (Lipinski definition) is 1. The molecule has 0 saturated heterocycles. The Bertz CT molecular complexity index is 1040. The van der Waals surface area contributed by atoms with Gasteiger partial charge in [0.2, 0.25) is 0 Å². The van der Waals surface area contributed by atoms with E-state index in [4.69, 9.17) is 0 Å². The van der Waals surface area contributed by atoms with Crippen LogP contribution in [0.1, 0.15) is 17.3 Å². The number of benzene rings is 1. The van der Waals surface area contributed by atoms with Crippen LogP contribution in [-0.2, 0) is 9.53 Å². The summed E-state index contributed by atoms with van der Waals surface area (Å²) in [6.07, 6.45) is -5.96. The third-order valence-corrected chi connectivity index (χ3v) is 4.62. The number of rotatable bonds is 11. The number of para-hydroxylation sites is 1. The average molecular weight is 593 g/mol. The van der Waals surface area contributed by atoms with Crippen molar-refractivity contribution in [3.63, 3.8) is 0 Å². The Hall–Kier alpha value is -2.96. The number of esters is 1. The SMILES string of the molecule is CCOC(=O)c1ccccc1NC(=O)C(F)(F)C(F)(F)C(F)(F)C(F)(F)C(F)(F)C(F)(F)C(F)(F)C(F)F. The highest BCUT2D eigenvalue weighted by Gasteiger charge is 2.94. The number of nitrogens with one attached hydrogen (secondary N) is 1. The fourth-order valence-corrected chi connectivity index (χ4v) is 2.46. The summed E-state index contributed by atoms with van der Waals surface area (Å²) in [5, 5.41) is 0.725. The first-order valence-electron chi connectivity index (χ1n) is 9.31. The molecule has 0 aliphatic heterocycles. The molecule has 20 heteroatoms. The van der Waals surface area contributed by atoms with Crippen LogP contribution in [0.2, 0.25) is 0 Å². The molecule has 4 nitrogen and oxygen atoms in total. The average Bonchev–Trinajstić information content (AvgIpc) is 2.78. The molecule has 1 N–H and O–H groups in total. The molecule has 38 heavy (non-hydrogen) atoms. The molecule has 0 fully saturated rings. The number of amides is 1. The summed E-state index contributed by atoms with van der Waals surface area (Å²) >= 11 is 0. The highest BCUT2D eigenvalue weighted by atomic mass is 19.4. The predicted octanol–water partition coefficient (Wildman–Crippen LogP) is 6.51. The van der Waals surface area contributed by atoms with E-state index in [2.05, 4.69) is 4.74 Å². The van der Waals surface area contributed by atoms with Crippen molar-refractivity contribution in [1.29, 1.82) is 0 Å². The zero-order valence-electron chi connectivity index (χ0n) is 17.9. The Labute approximate surface area is 199 Å². The van der Waals surface area contributed by atoms with Crippen LogP contribution in [-0.4, -0.2) is 66.4 Å². The molecule has 0 aliphatic carbocycles. The number of halogens is 16. The topological polar surface area (TPSA) is 55.4 Å². The van der Waals surface area contributed by atoms with E-state index < -0.39 is 77.6 Å². The van der Waals surface area contributed by atoms with Crippen molar-refractivity contribution in [3.8, 4) is 0 Å². The third kappa shape index (κ3) is 4.69. The van der Waals surface area contributed by atoms with Gasteiger partial charge < -0.3 is 10.1 Å². The van der Waals surface area contributed by atoms with E-state index in [1.165, 1.54) is 6.92 Å². The van der Waals surface area contributed by atoms with Crippen LogP contribution in [0.3, 0.4) is 0 Å². The molecule has 0 heterocycles. The zero-order chi connectivity index (χ0) is 30.3. The minimum absolute atomic E-state index is 0.403. The Balaban J connectivity index is 3.57. The number of hydrogen-bond acceptors (Lipinski definition) is 3. The van der Waals surface area contributed by atoms with Gasteiger partial charge >= 0.3 is 59.8 Å². The Morgan fingerprint density at radius 3 is 1.61 bits per heavy atom. The molecule has 0 atom stereocenters. The number of carbonyl (C=O) groups is 2. The molecule has 0 radical (unpaired) electrons. The normalized spacial score (nSPS) is 14.5. The van der Waals surface area contributed by atoms with E-state index in [0.29, 0.717) is 12.1 Å². The number of ether oxygens (including phenoxy) is 1. The molecule has 0 bridgehead atoms. The Morgan fingerprint density at radius 1 is 0.737 bits per heavy atom. The van der Waals surface area contributed by atoms with Gasteiger partial charge in [0.1, 0.15) is 0 Å². The van der Waals surface area contributed by atoms with Gasteiger partial charge in [-0.25, -0.2) is 13.6 Å². The molecule has 0 spiro atoms. The van der Waals surface area contributed by atoms with Crippen molar-refractivity contribution < 1.29 is 84.6 Å². The number of anilines is 1. The summed E-state index contributed by atoms with van der Waals surface area (Å²) in [6, 6.07) is 2.93. The summed E-state index contributed by atoms with van der Waals surface area (Å²) < 4.78 is 218. The van der Waals surface area contributed by atoms with Gasteiger partial charge in [-0.2, -0.15) is 61.5 Å². The minimum Gasteiger partial charge on any atom is -0.462 e. The lowest BCUT2D eigenvalue weighted by Gasteiger charge is -2.42. The van der Waals surface area contributed by atoms with Crippen LogP contribution in [0.5, 0.6) is 0 Å². The van der Waals surface area contributed by atoms with E-state index in [-0.39, 0.29) is 0 Å². The minimum atomic E-state index is -8.63. The largest absolute Gasteiger partial charge is 0.462 e. The molecule has 0 aromatic heterocycles. The summed E-state index contributed by atoms with van der Waals surface area (Å²) in [7, 11) is 0. The van der Waals surface area contributed by atoms with Crippen LogP contribution >= 0.6 is 0 Å².